The Morgan fingerprint density at radius 2 is 1.67 bits per heavy atom. The molecule has 0 aliphatic rings. The third-order valence-corrected chi connectivity index (χ3v) is 3.91. The van der Waals surface area contributed by atoms with Crippen molar-refractivity contribution in [1.29, 1.82) is 0 Å². The van der Waals surface area contributed by atoms with E-state index in [0.29, 0.717) is 11.5 Å². The third-order valence-electron chi connectivity index (χ3n) is 3.19. The van der Waals surface area contributed by atoms with Crippen molar-refractivity contribution in [3.05, 3.63) is 75.5 Å². The van der Waals surface area contributed by atoms with Crippen LogP contribution in [0.2, 0.25) is 0 Å². The lowest BCUT2D eigenvalue weighted by Gasteiger charge is -2.05. The summed E-state index contributed by atoms with van der Waals surface area (Å²) in [6.45, 7) is 4.28. The monoisotopic (exact) mass is 391 g/mol. The van der Waals surface area contributed by atoms with Crippen molar-refractivity contribution in [3.63, 3.8) is 0 Å². The number of anilines is 1. The molecule has 2 aromatic rings. The first-order valence-corrected chi connectivity index (χ1v) is 7.97. The van der Waals surface area contributed by atoms with E-state index in [1.54, 1.807) is 12.3 Å². The second kappa shape index (κ2) is 7.41. The maximum Gasteiger partial charge on any atom is 0.187 e. The van der Waals surface area contributed by atoms with Gasteiger partial charge >= 0.3 is 0 Å². The Balaban J connectivity index is 1.97. The predicted octanol–water partition coefficient (Wildman–Crippen LogP) is 5.22. The highest BCUT2D eigenvalue weighted by molar-refractivity contribution is 14.1. The number of nitrogens with one attached hydrogen (secondary N) is 1. The normalized spacial score (nSPS) is 11.0. The summed E-state index contributed by atoms with van der Waals surface area (Å²) >= 11 is 2.26. The topological polar surface area (TPSA) is 29.1 Å². The lowest BCUT2D eigenvalue weighted by atomic mass is 10.0. The zero-order chi connectivity index (χ0) is 15.2. The molecule has 0 heterocycles. The minimum absolute atomic E-state index is 0.00307. The quantitative estimate of drug-likeness (QED) is 0.430. The van der Waals surface area contributed by atoms with Crippen molar-refractivity contribution in [1.82, 2.24) is 0 Å². The van der Waals surface area contributed by atoms with Gasteiger partial charge in [-0.3, -0.25) is 4.79 Å². The molecule has 2 aromatic carbocycles. The van der Waals surface area contributed by atoms with Gasteiger partial charge in [-0.2, -0.15) is 0 Å². The van der Waals surface area contributed by atoms with Gasteiger partial charge in [-0.1, -0.05) is 38.1 Å². The average molecular weight is 391 g/mol. The summed E-state index contributed by atoms with van der Waals surface area (Å²) in [5.74, 6) is 0.482. The van der Waals surface area contributed by atoms with Crippen molar-refractivity contribution >= 4 is 34.1 Å². The Morgan fingerprint density at radius 3 is 2.24 bits per heavy atom. The SMILES string of the molecule is CC(C)c1ccc(C(=O)C=CNc2ccc(I)cc2)cc1. The smallest absolute Gasteiger partial charge is 0.187 e. The molecule has 0 amide bonds. The molecule has 0 fully saturated rings. The van der Waals surface area contributed by atoms with E-state index in [2.05, 4.69) is 41.8 Å². The highest BCUT2D eigenvalue weighted by atomic mass is 127. The lowest BCUT2D eigenvalue weighted by molar-refractivity contribution is 0.104. The van der Waals surface area contributed by atoms with Crippen LogP contribution in [0.15, 0.2) is 60.8 Å². The molecule has 2 rings (SSSR count). The number of allylic oxidation sites excluding steroid dienone is 1. The number of halogens is 1. The van der Waals surface area contributed by atoms with Gasteiger partial charge in [-0.15, -0.1) is 0 Å². The van der Waals surface area contributed by atoms with E-state index >= 15 is 0 Å². The third kappa shape index (κ3) is 4.70. The van der Waals surface area contributed by atoms with Crippen molar-refractivity contribution in [2.75, 3.05) is 5.32 Å². The van der Waals surface area contributed by atoms with Gasteiger partial charge in [0, 0.05) is 27.1 Å². The Hall–Kier alpha value is -1.62. The van der Waals surface area contributed by atoms with E-state index in [-0.39, 0.29) is 5.78 Å². The van der Waals surface area contributed by atoms with Crippen LogP contribution in [0.3, 0.4) is 0 Å². The van der Waals surface area contributed by atoms with Gasteiger partial charge in [0.05, 0.1) is 0 Å². The van der Waals surface area contributed by atoms with Crippen LogP contribution in [0.4, 0.5) is 5.69 Å². The molecule has 0 spiro atoms. The lowest BCUT2D eigenvalue weighted by Crippen LogP contribution is -1.97. The van der Waals surface area contributed by atoms with Crippen LogP contribution in [0.1, 0.15) is 35.7 Å². The first-order valence-electron chi connectivity index (χ1n) is 6.89. The maximum absolute atomic E-state index is 12.0. The summed E-state index contributed by atoms with van der Waals surface area (Å²) < 4.78 is 1.18. The standard InChI is InChI=1S/C18H18INO/c1-13(2)14-3-5-15(6-4-14)18(21)11-12-20-17-9-7-16(19)8-10-17/h3-13,20H,1-2H3. The van der Waals surface area contributed by atoms with Gasteiger partial charge in [0.15, 0.2) is 5.78 Å². The maximum atomic E-state index is 12.0. The van der Waals surface area contributed by atoms with E-state index in [4.69, 9.17) is 0 Å². The van der Waals surface area contributed by atoms with Gasteiger partial charge in [-0.05, 0) is 58.3 Å². The summed E-state index contributed by atoms with van der Waals surface area (Å²) in [5.41, 5.74) is 2.92. The van der Waals surface area contributed by atoms with E-state index in [1.165, 1.54) is 9.13 Å². The van der Waals surface area contributed by atoms with E-state index < -0.39 is 0 Å². The number of carbonyl (C=O) groups excluding carboxylic acids is 1. The van der Waals surface area contributed by atoms with Gasteiger partial charge in [0.25, 0.3) is 0 Å². The average Bonchev–Trinajstić information content (AvgIpc) is 2.49. The zero-order valence-electron chi connectivity index (χ0n) is 12.1. The van der Waals surface area contributed by atoms with Crippen LogP contribution in [0.5, 0.6) is 0 Å². The first-order chi connectivity index (χ1) is 10.1. The molecular formula is C18H18INO. The van der Waals surface area contributed by atoms with Crippen molar-refractivity contribution < 1.29 is 4.79 Å². The number of carbonyl (C=O) groups is 1. The van der Waals surface area contributed by atoms with Crippen LogP contribution in [0, 0.1) is 3.57 Å². The van der Waals surface area contributed by atoms with Gasteiger partial charge in [0.2, 0.25) is 0 Å². The Kier molecular flexibility index (Phi) is 5.56. The molecule has 0 aliphatic carbocycles. The highest BCUT2D eigenvalue weighted by Crippen LogP contribution is 2.15. The summed E-state index contributed by atoms with van der Waals surface area (Å²) in [4.78, 5) is 12.0. The number of benzene rings is 2. The summed E-state index contributed by atoms with van der Waals surface area (Å²) in [6, 6.07) is 15.8. The van der Waals surface area contributed by atoms with Crippen LogP contribution in [0.25, 0.3) is 0 Å². The van der Waals surface area contributed by atoms with E-state index in [1.807, 2.05) is 48.5 Å². The van der Waals surface area contributed by atoms with Crippen LogP contribution in [-0.2, 0) is 0 Å². The van der Waals surface area contributed by atoms with E-state index in [9.17, 15) is 4.79 Å². The molecule has 0 saturated carbocycles. The molecule has 0 aliphatic heterocycles. The van der Waals surface area contributed by atoms with Crippen molar-refractivity contribution in [2.45, 2.75) is 19.8 Å². The first kappa shape index (κ1) is 15.8. The fourth-order valence-electron chi connectivity index (χ4n) is 1.89. The van der Waals surface area contributed by atoms with Gasteiger partial charge in [-0.25, -0.2) is 0 Å². The molecule has 1 N–H and O–H groups in total. The highest BCUT2D eigenvalue weighted by Gasteiger charge is 2.03. The fourth-order valence-corrected chi connectivity index (χ4v) is 2.25. The van der Waals surface area contributed by atoms with Crippen LogP contribution < -0.4 is 5.32 Å². The summed E-state index contributed by atoms with van der Waals surface area (Å²) in [5, 5.41) is 3.10. The fraction of sp³-hybridized carbons (Fsp3) is 0.167. The van der Waals surface area contributed by atoms with Crippen molar-refractivity contribution in [2.24, 2.45) is 0 Å². The molecule has 3 heteroatoms. The second-order valence-corrected chi connectivity index (χ2v) is 6.37. The zero-order valence-corrected chi connectivity index (χ0v) is 14.3. The molecule has 0 bridgehead atoms. The molecule has 0 aromatic heterocycles. The minimum Gasteiger partial charge on any atom is -0.362 e. The van der Waals surface area contributed by atoms with Gasteiger partial charge in [0.1, 0.15) is 0 Å². The molecule has 2 nitrogen and oxygen atoms in total. The largest absolute Gasteiger partial charge is 0.362 e. The Morgan fingerprint density at radius 1 is 1.05 bits per heavy atom. The number of hydrogen-bond acceptors (Lipinski definition) is 2. The minimum atomic E-state index is 0.00307. The number of ketones is 1. The Labute approximate surface area is 139 Å². The molecule has 0 saturated heterocycles. The van der Waals surface area contributed by atoms with Gasteiger partial charge < -0.3 is 5.32 Å². The molecule has 21 heavy (non-hydrogen) atoms. The number of hydrogen-bond donors (Lipinski definition) is 1. The molecule has 0 atom stereocenters. The van der Waals surface area contributed by atoms with Crippen LogP contribution in [-0.4, -0.2) is 5.78 Å². The molecule has 108 valence electrons. The molecule has 0 unspecified atom stereocenters. The second-order valence-electron chi connectivity index (χ2n) is 5.13. The van der Waals surface area contributed by atoms with E-state index in [0.717, 1.165) is 5.69 Å². The Bertz CT molecular complexity index is 627. The summed E-state index contributed by atoms with van der Waals surface area (Å²) in [7, 11) is 0. The van der Waals surface area contributed by atoms with Crippen LogP contribution >= 0.6 is 22.6 Å². The molecular weight excluding hydrogens is 373 g/mol. The summed E-state index contributed by atoms with van der Waals surface area (Å²) in [6.07, 6.45) is 3.24. The number of rotatable bonds is 5. The molecule has 0 radical (unpaired) electrons. The van der Waals surface area contributed by atoms with Crippen molar-refractivity contribution in [3.8, 4) is 0 Å². The predicted molar refractivity (Wildman–Crippen MR) is 96.8 cm³/mol.